The van der Waals surface area contributed by atoms with Crippen LogP contribution in [0.15, 0.2) is 42.5 Å². The van der Waals surface area contributed by atoms with Crippen LogP contribution in [0.2, 0.25) is 0 Å². The first-order valence-electron chi connectivity index (χ1n) is 5.30. The molecule has 0 spiro atoms. The van der Waals surface area contributed by atoms with Crippen molar-refractivity contribution >= 4 is 0 Å². The molecule has 0 heterocycles. The Hall–Kier alpha value is -1.80. The minimum atomic E-state index is 0.300. The van der Waals surface area contributed by atoms with E-state index < -0.39 is 0 Å². The highest BCUT2D eigenvalue weighted by molar-refractivity contribution is 5.70. The molecule has 3 N–H and O–H groups in total. The molecule has 0 atom stereocenters. The van der Waals surface area contributed by atoms with Gasteiger partial charge >= 0.3 is 0 Å². The lowest BCUT2D eigenvalue weighted by molar-refractivity contribution is 0.477. The van der Waals surface area contributed by atoms with Crippen LogP contribution >= 0.6 is 0 Å². The molecule has 0 aliphatic rings. The van der Waals surface area contributed by atoms with Crippen molar-refractivity contribution < 1.29 is 5.11 Å². The molecule has 2 aromatic carbocycles. The Labute approximate surface area is 95.4 Å². The van der Waals surface area contributed by atoms with Crippen LogP contribution in [0.4, 0.5) is 0 Å². The summed E-state index contributed by atoms with van der Waals surface area (Å²) in [6.07, 6.45) is 0. The van der Waals surface area contributed by atoms with Crippen molar-refractivity contribution in [2.75, 3.05) is 0 Å². The number of benzene rings is 2. The van der Waals surface area contributed by atoms with Gasteiger partial charge in [0.25, 0.3) is 0 Å². The third kappa shape index (κ3) is 1.92. The maximum absolute atomic E-state index is 9.77. The van der Waals surface area contributed by atoms with Gasteiger partial charge in [-0.25, -0.2) is 0 Å². The van der Waals surface area contributed by atoms with Crippen LogP contribution < -0.4 is 5.73 Å². The van der Waals surface area contributed by atoms with Crippen molar-refractivity contribution in [1.82, 2.24) is 0 Å². The molecule has 0 unspecified atom stereocenters. The summed E-state index contributed by atoms with van der Waals surface area (Å²) in [5.41, 5.74) is 9.82. The Bertz CT molecular complexity index is 506. The summed E-state index contributed by atoms with van der Waals surface area (Å²) >= 11 is 0. The van der Waals surface area contributed by atoms with Gasteiger partial charge in [0.2, 0.25) is 0 Å². The second-order valence-corrected chi connectivity index (χ2v) is 3.86. The zero-order chi connectivity index (χ0) is 11.5. The average Bonchev–Trinajstić information content (AvgIpc) is 2.31. The molecule has 0 saturated carbocycles. The molecule has 0 radical (unpaired) electrons. The van der Waals surface area contributed by atoms with Crippen molar-refractivity contribution in [3.8, 4) is 16.9 Å². The van der Waals surface area contributed by atoms with E-state index in [0.717, 1.165) is 16.7 Å². The highest BCUT2D eigenvalue weighted by atomic mass is 16.3. The van der Waals surface area contributed by atoms with Gasteiger partial charge in [-0.15, -0.1) is 0 Å². The zero-order valence-electron chi connectivity index (χ0n) is 9.27. The summed E-state index contributed by atoms with van der Waals surface area (Å²) in [4.78, 5) is 0. The van der Waals surface area contributed by atoms with Gasteiger partial charge < -0.3 is 10.8 Å². The van der Waals surface area contributed by atoms with E-state index in [1.165, 1.54) is 5.56 Å². The molecule has 0 amide bonds. The van der Waals surface area contributed by atoms with E-state index in [9.17, 15) is 5.11 Å². The van der Waals surface area contributed by atoms with Gasteiger partial charge in [-0.05, 0) is 35.7 Å². The standard InChI is InChI=1S/C14H15NO/c1-10-6-7-11(8-12(10)9-15)13-4-2-3-5-14(13)16/h2-8,16H,9,15H2,1H3. The molecular formula is C14H15NO. The summed E-state index contributed by atoms with van der Waals surface area (Å²) in [6.45, 7) is 2.56. The molecule has 2 rings (SSSR count). The number of hydrogen-bond donors (Lipinski definition) is 2. The third-order valence-corrected chi connectivity index (χ3v) is 2.78. The molecule has 0 fully saturated rings. The van der Waals surface area contributed by atoms with Gasteiger partial charge in [-0.2, -0.15) is 0 Å². The Morgan fingerprint density at radius 2 is 1.88 bits per heavy atom. The number of aromatic hydroxyl groups is 1. The molecule has 2 nitrogen and oxygen atoms in total. The van der Waals surface area contributed by atoms with E-state index in [0.29, 0.717) is 12.3 Å². The van der Waals surface area contributed by atoms with Gasteiger partial charge in [0.05, 0.1) is 0 Å². The van der Waals surface area contributed by atoms with Gasteiger partial charge in [-0.3, -0.25) is 0 Å². The molecule has 2 heteroatoms. The highest BCUT2D eigenvalue weighted by Crippen LogP contribution is 2.29. The number of para-hydroxylation sites is 1. The SMILES string of the molecule is Cc1ccc(-c2ccccc2O)cc1CN. The second-order valence-electron chi connectivity index (χ2n) is 3.86. The lowest BCUT2D eigenvalue weighted by Gasteiger charge is -2.08. The van der Waals surface area contributed by atoms with Crippen LogP contribution in [0.25, 0.3) is 11.1 Å². The summed E-state index contributed by atoms with van der Waals surface area (Å²) < 4.78 is 0. The van der Waals surface area contributed by atoms with E-state index in [1.54, 1.807) is 6.07 Å². The van der Waals surface area contributed by atoms with Crippen LogP contribution in [0.5, 0.6) is 5.75 Å². The van der Waals surface area contributed by atoms with Gasteiger partial charge in [0, 0.05) is 12.1 Å². The Balaban J connectivity index is 2.53. The van der Waals surface area contributed by atoms with E-state index in [-0.39, 0.29) is 0 Å². The quantitative estimate of drug-likeness (QED) is 0.805. The molecule has 0 aliphatic heterocycles. The summed E-state index contributed by atoms with van der Waals surface area (Å²) in [5.74, 6) is 0.300. The number of hydrogen-bond acceptors (Lipinski definition) is 2. The van der Waals surface area contributed by atoms with E-state index in [2.05, 4.69) is 0 Å². The van der Waals surface area contributed by atoms with Crippen molar-refractivity contribution in [3.63, 3.8) is 0 Å². The van der Waals surface area contributed by atoms with E-state index in [1.807, 2.05) is 43.3 Å². The molecule has 16 heavy (non-hydrogen) atoms. The zero-order valence-corrected chi connectivity index (χ0v) is 9.27. The molecule has 82 valence electrons. The normalized spacial score (nSPS) is 10.4. The van der Waals surface area contributed by atoms with Crippen molar-refractivity contribution in [3.05, 3.63) is 53.6 Å². The fraction of sp³-hybridized carbons (Fsp3) is 0.143. The van der Waals surface area contributed by atoms with Crippen molar-refractivity contribution in [2.24, 2.45) is 5.73 Å². The molecule has 0 saturated heterocycles. The third-order valence-electron chi connectivity index (χ3n) is 2.78. The maximum atomic E-state index is 9.77. The van der Waals surface area contributed by atoms with Gasteiger partial charge in [0.1, 0.15) is 5.75 Å². The predicted molar refractivity (Wildman–Crippen MR) is 66.2 cm³/mol. The fourth-order valence-electron chi connectivity index (χ4n) is 1.78. The van der Waals surface area contributed by atoms with E-state index in [4.69, 9.17) is 5.73 Å². The predicted octanol–water partition coefficient (Wildman–Crippen LogP) is 2.83. The van der Waals surface area contributed by atoms with Crippen LogP contribution in [0.1, 0.15) is 11.1 Å². The first-order valence-corrected chi connectivity index (χ1v) is 5.30. The maximum Gasteiger partial charge on any atom is 0.123 e. The first-order chi connectivity index (χ1) is 7.72. The Morgan fingerprint density at radius 1 is 1.12 bits per heavy atom. The number of phenols is 1. The minimum absolute atomic E-state index is 0.300. The highest BCUT2D eigenvalue weighted by Gasteiger charge is 2.04. The summed E-state index contributed by atoms with van der Waals surface area (Å²) in [7, 11) is 0. The molecule has 0 bridgehead atoms. The average molecular weight is 213 g/mol. The van der Waals surface area contributed by atoms with Crippen LogP contribution in [-0.2, 0) is 6.54 Å². The lowest BCUT2D eigenvalue weighted by atomic mass is 9.99. The first kappa shape index (κ1) is 10.7. The molecule has 2 aromatic rings. The number of nitrogens with two attached hydrogens (primary N) is 1. The van der Waals surface area contributed by atoms with Crippen molar-refractivity contribution in [1.29, 1.82) is 0 Å². The van der Waals surface area contributed by atoms with Crippen LogP contribution in [0.3, 0.4) is 0 Å². The second kappa shape index (κ2) is 4.37. The number of aryl methyl sites for hydroxylation is 1. The molecular weight excluding hydrogens is 198 g/mol. The Kier molecular flexibility index (Phi) is 2.93. The fourth-order valence-corrected chi connectivity index (χ4v) is 1.78. The molecule has 0 aromatic heterocycles. The Morgan fingerprint density at radius 3 is 2.56 bits per heavy atom. The minimum Gasteiger partial charge on any atom is -0.507 e. The number of rotatable bonds is 2. The van der Waals surface area contributed by atoms with Gasteiger partial charge in [0.15, 0.2) is 0 Å². The topological polar surface area (TPSA) is 46.2 Å². The monoisotopic (exact) mass is 213 g/mol. The lowest BCUT2D eigenvalue weighted by Crippen LogP contribution is -1.99. The smallest absolute Gasteiger partial charge is 0.123 e. The van der Waals surface area contributed by atoms with Crippen molar-refractivity contribution in [2.45, 2.75) is 13.5 Å². The summed E-state index contributed by atoms with van der Waals surface area (Å²) in [5, 5.41) is 9.77. The largest absolute Gasteiger partial charge is 0.507 e. The van der Waals surface area contributed by atoms with Crippen LogP contribution in [-0.4, -0.2) is 5.11 Å². The van der Waals surface area contributed by atoms with E-state index >= 15 is 0 Å². The van der Waals surface area contributed by atoms with Crippen LogP contribution in [0, 0.1) is 6.92 Å². The number of phenolic OH excluding ortho intramolecular Hbond substituents is 1. The molecule has 0 aliphatic carbocycles. The van der Waals surface area contributed by atoms with Gasteiger partial charge in [-0.1, -0.05) is 30.3 Å². The summed E-state index contributed by atoms with van der Waals surface area (Å²) in [6, 6.07) is 13.4.